The van der Waals surface area contributed by atoms with Gasteiger partial charge in [-0.1, -0.05) is 20.3 Å². The van der Waals surface area contributed by atoms with E-state index in [1.54, 1.807) is 13.8 Å². The van der Waals surface area contributed by atoms with Gasteiger partial charge in [-0.05, 0) is 25.2 Å². The summed E-state index contributed by atoms with van der Waals surface area (Å²) < 4.78 is 0. The van der Waals surface area contributed by atoms with E-state index in [2.05, 4.69) is 20.9 Å². The predicted octanol–water partition coefficient (Wildman–Crippen LogP) is -3.19. The maximum Gasteiger partial charge on any atom is 0.326 e. The number of guanidine groups is 1. The van der Waals surface area contributed by atoms with Gasteiger partial charge in [0.15, 0.2) is 5.96 Å². The number of nitrogens with two attached hydrogens (primary N) is 3. The molecule has 0 fully saturated rings. The van der Waals surface area contributed by atoms with Crippen molar-refractivity contribution in [1.82, 2.24) is 16.0 Å². The minimum atomic E-state index is -1.47. The lowest BCUT2D eigenvalue weighted by Crippen LogP contribution is -2.59. The molecule has 0 radical (unpaired) electrons. The molecule has 0 bridgehead atoms. The van der Waals surface area contributed by atoms with Crippen LogP contribution in [0.4, 0.5) is 0 Å². The third-order valence-corrected chi connectivity index (χ3v) is 5.17. The Bertz CT molecular complexity index is 773. The molecule has 0 heterocycles. The van der Waals surface area contributed by atoms with Crippen molar-refractivity contribution in [1.29, 1.82) is 0 Å². The van der Waals surface area contributed by atoms with Crippen LogP contribution in [-0.4, -0.2) is 88.3 Å². The summed E-state index contributed by atoms with van der Waals surface area (Å²) in [5, 5.41) is 34.4. The first kappa shape index (κ1) is 31.5. The number of hydrogen-bond acceptors (Lipinski definition) is 8. The zero-order chi connectivity index (χ0) is 27.1. The van der Waals surface area contributed by atoms with Gasteiger partial charge in [-0.2, -0.15) is 0 Å². The van der Waals surface area contributed by atoms with Crippen LogP contribution in [0.2, 0.25) is 0 Å². The summed E-state index contributed by atoms with van der Waals surface area (Å²) in [6.07, 6.45) is -0.0480. The molecule has 3 amide bonds. The Balaban J connectivity index is 5.59. The second kappa shape index (κ2) is 16.2. The maximum atomic E-state index is 13.0. The number of amides is 3. The molecule has 0 aliphatic heterocycles. The van der Waals surface area contributed by atoms with E-state index in [1.807, 2.05) is 0 Å². The van der Waals surface area contributed by atoms with Crippen LogP contribution in [0.25, 0.3) is 0 Å². The number of aliphatic carboxylic acids is 2. The number of nitrogens with zero attached hydrogens (tertiary/aromatic N) is 1. The van der Waals surface area contributed by atoms with Crippen LogP contribution in [-0.2, 0) is 24.0 Å². The van der Waals surface area contributed by atoms with E-state index in [1.165, 1.54) is 0 Å². The second-order valence-corrected chi connectivity index (χ2v) is 8.00. The van der Waals surface area contributed by atoms with E-state index in [0.29, 0.717) is 6.42 Å². The van der Waals surface area contributed by atoms with Gasteiger partial charge in [0.2, 0.25) is 17.7 Å². The van der Waals surface area contributed by atoms with Crippen LogP contribution in [0.3, 0.4) is 0 Å². The number of nitrogens with one attached hydrogen (secondary N) is 3. The van der Waals surface area contributed by atoms with E-state index in [0.717, 1.165) is 0 Å². The van der Waals surface area contributed by atoms with Gasteiger partial charge in [0.25, 0.3) is 0 Å². The standard InChI is InChI=1S/C20H37N7O8/c1-3-10(2)15(18(33)26-13(19(34)35)6-7-14(29)30)27-17(32)12(5-4-8-24-20(22)23)25-16(31)11(21)9-28/h10-13,15,28H,3-9,21H2,1-2H3,(H,25,31)(H,26,33)(H,27,32)(H,29,30)(H,34,35)(H4,22,23,24). The Morgan fingerprint density at radius 1 is 0.914 bits per heavy atom. The van der Waals surface area contributed by atoms with Gasteiger partial charge in [-0.15, -0.1) is 0 Å². The smallest absolute Gasteiger partial charge is 0.326 e. The number of carboxylic acids is 2. The largest absolute Gasteiger partial charge is 0.481 e. The lowest BCUT2D eigenvalue weighted by atomic mass is 9.96. The van der Waals surface area contributed by atoms with Crippen molar-refractivity contribution in [3.05, 3.63) is 0 Å². The Hall–Kier alpha value is -3.46. The third kappa shape index (κ3) is 12.5. The Morgan fingerprint density at radius 3 is 2.00 bits per heavy atom. The highest BCUT2D eigenvalue weighted by Gasteiger charge is 2.32. The molecule has 15 heteroatoms. The maximum absolute atomic E-state index is 13.0. The van der Waals surface area contributed by atoms with E-state index in [-0.39, 0.29) is 31.8 Å². The molecule has 35 heavy (non-hydrogen) atoms. The first-order valence-electron chi connectivity index (χ1n) is 11.1. The molecular weight excluding hydrogens is 466 g/mol. The lowest BCUT2D eigenvalue weighted by Gasteiger charge is -2.28. The molecule has 15 nitrogen and oxygen atoms in total. The minimum Gasteiger partial charge on any atom is -0.481 e. The highest BCUT2D eigenvalue weighted by molar-refractivity contribution is 5.94. The highest BCUT2D eigenvalue weighted by atomic mass is 16.4. The summed E-state index contributed by atoms with van der Waals surface area (Å²) in [5.41, 5.74) is 16.0. The van der Waals surface area contributed by atoms with Crippen molar-refractivity contribution in [3.63, 3.8) is 0 Å². The molecule has 0 rings (SSSR count). The van der Waals surface area contributed by atoms with Gasteiger partial charge in [-0.3, -0.25) is 24.2 Å². The molecule has 0 aliphatic carbocycles. The van der Waals surface area contributed by atoms with Gasteiger partial charge in [0.05, 0.1) is 6.61 Å². The molecule has 0 saturated carbocycles. The molecule has 0 spiro atoms. The summed E-state index contributed by atoms with van der Waals surface area (Å²) in [6.45, 7) is 2.92. The summed E-state index contributed by atoms with van der Waals surface area (Å²) in [7, 11) is 0. The number of carbonyl (C=O) groups is 5. The Kier molecular flexibility index (Phi) is 14.6. The molecule has 5 atom stereocenters. The minimum absolute atomic E-state index is 0.0672. The van der Waals surface area contributed by atoms with Crippen LogP contribution in [0.1, 0.15) is 46.0 Å². The number of aliphatic hydroxyl groups excluding tert-OH is 1. The van der Waals surface area contributed by atoms with Crippen molar-refractivity contribution < 1.29 is 39.3 Å². The molecule has 0 aromatic rings. The number of carboxylic acid groups (broad SMARTS) is 2. The zero-order valence-electron chi connectivity index (χ0n) is 19.9. The topological polar surface area (TPSA) is 273 Å². The highest BCUT2D eigenvalue weighted by Crippen LogP contribution is 2.11. The Labute approximate surface area is 202 Å². The van der Waals surface area contributed by atoms with Crippen LogP contribution in [0.15, 0.2) is 4.99 Å². The Morgan fingerprint density at radius 2 is 1.51 bits per heavy atom. The average Bonchev–Trinajstić information content (AvgIpc) is 2.79. The fraction of sp³-hybridized carbons (Fsp3) is 0.700. The zero-order valence-corrected chi connectivity index (χ0v) is 19.9. The number of carbonyl (C=O) groups excluding carboxylic acids is 3. The number of hydrogen-bond donors (Lipinski definition) is 9. The number of aliphatic hydroxyl groups is 1. The number of rotatable bonds is 17. The van der Waals surface area contributed by atoms with Gasteiger partial charge in [0.1, 0.15) is 24.2 Å². The van der Waals surface area contributed by atoms with Crippen molar-refractivity contribution >= 4 is 35.6 Å². The summed E-state index contributed by atoms with van der Waals surface area (Å²) >= 11 is 0. The average molecular weight is 504 g/mol. The van der Waals surface area contributed by atoms with Crippen molar-refractivity contribution in [3.8, 4) is 0 Å². The molecular formula is C20H37N7O8. The van der Waals surface area contributed by atoms with Crippen molar-refractivity contribution in [2.24, 2.45) is 28.1 Å². The molecule has 5 unspecified atom stereocenters. The van der Waals surface area contributed by atoms with Gasteiger partial charge in [-0.25, -0.2) is 4.79 Å². The molecule has 12 N–H and O–H groups in total. The van der Waals surface area contributed by atoms with E-state index in [9.17, 15) is 29.1 Å². The third-order valence-electron chi connectivity index (χ3n) is 5.17. The summed E-state index contributed by atoms with van der Waals surface area (Å²) in [5.74, 6) is -5.59. The quantitative estimate of drug-likeness (QED) is 0.0541. The molecule has 200 valence electrons. The van der Waals surface area contributed by atoms with Crippen LogP contribution < -0.4 is 33.2 Å². The fourth-order valence-corrected chi connectivity index (χ4v) is 2.88. The molecule has 0 saturated heterocycles. The fourth-order valence-electron chi connectivity index (χ4n) is 2.88. The van der Waals surface area contributed by atoms with Crippen LogP contribution in [0, 0.1) is 5.92 Å². The number of aliphatic imine (C=N–C) groups is 1. The lowest BCUT2D eigenvalue weighted by molar-refractivity contribution is -0.143. The first-order valence-corrected chi connectivity index (χ1v) is 11.1. The molecule has 0 aliphatic rings. The summed E-state index contributed by atoms with van der Waals surface area (Å²) in [4.78, 5) is 64.0. The van der Waals surface area contributed by atoms with E-state index >= 15 is 0 Å². The van der Waals surface area contributed by atoms with Crippen LogP contribution in [0.5, 0.6) is 0 Å². The van der Waals surface area contributed by atoms with Gasteiger partial charge < -0.3 is 48.5 Å². The van der Waals surface area contributed by atoms with Crippen molar-refractivity contribution in [2.75, 3.05) is 13.2 Å². The van der Waals surface area contributed by atoms with Gasteiger partial charge in [0, 0.05) is 13.0 Å². The SMILES string of the molecule is CCC(C)C(NC(=O)C(CCCN=C(N)N)NC(=O)C(N)CO)C(=O)NC(CCC(=O)O)C(=O)O. The van der Waals surface area contributed by atoms with Gasteiger partial charge >= 0.3 is 11.9 Å². The van der Waals surface area contributed by atoms with Crippen LogP contribution >= 0.6 is 0 Å². The monoisotopic (exact) mass is 503 g/mol. The summed E-state index contributed by atoms with van der Waals surface area (Å²) in [6, 6.07) is -5.08. The van der Waals surface area contributed by atoms with Crippen molar-refractivity contribution in [2.45, 2.75) is 70.1 Å². The first-order chi connectivity index (χ1) is 16.3. The van der Waals surface area contributed by atoms with E-state index < -0.39 is 72.8 Å². The predicted molar refractivity (Wildman–Crippen MR) is 125 cm³/mol. The molecule has 0 aromatic heterocycles. The van der Waals surface area contributed by atoms with E-state index in [4.69, 9.17) is 27.4 Å². The normalized spacial score (nSPS) is 15.0. The molecule has 0 aromatic carbocycles. The second-order valence-electron chi connectivity index (χ2n) is 8.00.